The van der Waals surface area contributed by atoms with Crippen molar-refractivity contribution in [3.63, 3.8) is 0 Å². The van der Waals surface area contributed by atoms with Crippen LogP contribution in [0.15, 0.2) is 94.2 Å². The minimum atomic E-state index is 1.08. The number of hydrogen-bond acceptors (Lipinski definition) is 0. The molecule has 0 atom stereocenters. The summed E-state index contributed by atoms with van der Waals surface area (Å²) in [5.74, 6) is 0. The van der Waals surface area contributed by atoms with Gasteiger partial charge in [-0.3, -0.25) is 0 Å². The standard InChI is InChI=1S/C20H18/c1-2-6-18-12-15(11-17(18)5-1)9-10-16-13-19-7-3-4-8-20(19)14-16/h1,3,5-8,11-14H,2,4,9-10H2. The van der Waals surface area contributed by atoms with Crippen molar-refractivity contribution < 1.29 is 0 Å². The zero-order valence-electron chi connectivity index (χ0n) is 11.6. The summed E-state index contributed by atoms with van der Waals surface area (Å²) in [6.45, 7) is 0. The second kappa shape index (κ2) is 4.79. The molecule has 0 aromatic carbocycles. The predicted octanol–water partition coefficient (Wildman–Crippen LogP) is 5.27. The van der Waals surface area contributed by atoms with E-state index in [4.69, 9.17) is 0 Å². The van der Waals surface area contributed by atoms with Gasteiger partial charge in [0.25, 0.3) is 0 Å². The zero-order chi connectivity index (χ0) is 13.4. The lowest BCUT2D eigenvalue weighted by Gasteiger charge is -2.01. The molecule has 0 aromatic heterocycles. The average molecular weight is 258 g/mol. The molecule has 0 heterocycles. The van der Waals surface area contributed by atoms with E-state index in [1.54, 1.807) is 0 Å². The van der Waals surface area contributed by atoms with E-state index in [1.807, 2.05) is 0 Å². The van der Waals surface area contributed by atoms with Crippen LogP contribution in [0.3, 0.4) is 0 Å². The minimum Gasteiger partial charge on any atom is -0.0801 e. The Morgan fingerprint density at radius 3 is 1.55 bits per heavy atom. The van der Waals surface area contributed by atoms with Gasteiger partial charge in [-0.2, -0.15) is 0 Å². The fourth-order valence-electron chi connectivity index (χ4n) is 3.22. The molecule has 0 unspecified atom stereocenters. The van der Waals surface area contributed by atoms with Crippen LogP contribution in [0.1, 0.15) is 25.7 Å². The molecule has 0 radical (unpaired) electrons. The molecule has 0 saturated heterocycles. The third kappa shape index (κ3) is 2.12. The first-order valence-corrected chi connectivity index (χ1v) is 7.47. The van der Waals surface area contributed by atoms with Crippen molar-refractivity contribution in [1.29, 1.82) is 0 Å². The van der Waals surface area contributed by atoms with Gasteiger partial charge < -0.3 is 0 Å². The van der Waals surface area contributed by atoms with Crippen molar-refractivity contribution >= 4 is 0 Å². The molecule has 98 valence electrons. The van der Waals surface area contributed by atoms with E-state index < -0.39 is 0 Å². The fraction of sp³-hybridized carbons (Fsp3) is 0.200. The molecule has 0 amide bonds. The lowest BCUT2D eigenvalue weighted by atomic mass is 10.0. The molecule has 20 heavy (non-hydrogen) atoms. The van der Waals surface area contributed by atoms with Crippen LogP contribution in [0.25, 0.3) is 0 Å². The Hall–Kier alpha value is -2.08. The monoisotopic (exact) mass is 258 g/mol. The van der Waals surface area contributed by atoms with Gasteiger partial charge in [0.15, 0.2) is 0 Å². The Kier molecular flexibility index (Phi) is 2.81. The molecule has 0 nitrogen and oxygen atoms in total. The van der Waals surface area contributed by atoms with Crippen LogP contribution < -0.4 is 0 Å². The Morgan fingerprint density at radius 2 is 1.10 bits per heavy atom. The van der Waals surface area contributed by atoms with E-state index in [0.29, 0.717) is 0 Å². The van der Waals surface area contributed by atoms with Crippen LogP contribution in [0.5, 0.6) is 0 Å². The van der Waals surface area contributed by atoms with E-state index in [2.05, 4.69) is 60.8 Å². The summed E-state index contributed by atoms with van der Waals surface area (Å²) >= 11 is 0. The predicted molar refractivity (Wildman–Crippen MR) is 85.2 cm³/mol. The van der Waals surface area contributed by atoms with E-state index in [0.717, 1.165) is 25.7 Å². The summed E-state index contributed by atoms with van der Waals surface area (Å²) < 4.78 is 0. The van der Waals surface area contributed by atoms with Gasteiger partial charge in [0.2, 0.25) is 0 Å². The molecule has 0 spiro atoms. The molecular weight excluding hydrogens is 240 g/mol. The van der Waals surface area contributed by atoms with Gasteiger partial charge >= 0.3 is 0 Å². The van der Waals surface area contributed by atoms with Crippen LogP contribution in [-0.4, -0.2) is 0 Å². The Bertz CT molecular complexity index is 632. The second-order valence-electron chi connectivity index (χ2n) is 5.73. The maximum Gasteiger partial charge on any atom is -0.0157 e. The van der Waals surface area contributed by atoms with E-state index in [-0.39, 0.29) is 0 Å². The summed E-state index contributed by atoms with van der Waals surface area (Å²) in [7, 11) is 0. The topological polar surface area (TPSA) is 0 Å². The maximum absolute atomic E-state index is 2.35. The molecule has 0 saturated carbocycles. The molecule has 0 fully saturated rings. The van der Waals surface area contributed by atoms with Gasteiger partial charge in [0.05, 0.1) is 0 Å². The van der Waals surface area contributed by atoms with Gasteiger partial charge in [0, 0.05) is 0 Å². The molecule has 4 rings (SSSR count). The third-order valence-electron chi connectivity index (χ3n) is 4.28. The smallest absolute Gasteiger partial charge is 0.0157 e. The van der Waals surface area contributed by atoms with Gasteiger partial charge in [0.1, 0.15) is 0 Å². The van der Waals surface area contributed by atoms with Crippen molar-refractivity contribution in [3.8, 4) is 0 Å². The normalized spacial score (nSPS) is 22.4. The van der Waals surface area contributed by atoms with Gasteiger partial charge in [-0.1, -0.05) is 60.8 Å². The number of allylic oxidation sites excluding steroid dienone is 16. The van der Waals surface area contributed by atoms with Crippen LogP contribution in [0.4, 0.5) is 0 Å². The van der Waals surface area contributed by atoms with Gasteiger partial charge in [-0.05, 0) is 59.1 Å². The molecule has 0 bridgehead atoms. The molecule has 0 aromatic rings. The highest BCUT2D eigenvalue weighted by molar-refractivity contribution is 5.61. The largest absolute Gasteiger partial charge is 0.0801 e. The lowest BCUT2D eigenvalue weighted by molar-refractivity contribution is 0.976. The Morgan fingerprint density at radius 1 is 0.600 bits per heavy atom. The Labute approximate surface area is 120 Å². The molecule has 4 aliphatic rings. The zero-order valence-corrected chi connectivity index (χ0v) is 11.6. The Balaban J connectivity index is 1.45. The van der Waals surface area contributed by atoms with Crippen LogP contribution in [-0.2, 0) is 0 Å². The summed E-state index contributed by atoms with van der Waals surface area (Å²) in [6.07, 6.45) is 27.4. The second-order valence-corrected chi connectivity index (χ2v) is 5.73. The third-order valence-corrected chi connectivity index (χ3v) is 4.28. The van der Waals surface area contributed by atoms with Crippen molar-refractivity contribution in [1.82, 2.24) is 0 Å². The summed E-state index contributed by atoms with van der Waals surface area (Å²) in [5, 5.41) is 0. The highest BCUT2D eigenvalue weighted by Crippen LogP contribution is 2.34. The summed E-state index contributed by atoms with van der Waals surface area (Å²) in [6, 6.07) is 0. The van der Waals surface area contributed by atoms with E-state index in [9.17, 15) is 0 Å². The molecular formula is C20H18. The van der Waals surface area contributed by atoms with E-state index >= 15 is 0 Å². The number of rotatable bonds is 3. The average Bonchev–Trinajstić information content (AvgIpc) is 3.07. The maximum atomic E-state index is 2.35. The van der Waals surface area contributed by atoms with Crippen LogP contribution >= 0.6 is 0 Å². The summed E-state index contributed by atoms with van der Waals surface area (Å²) in [5.41, 5.74) is 8.56. The van der Waals surface area contributed by atoms with Crippen molar-refractivity contribution in [2.24, 2.45) is 0 Å². The van der Waals surface area contributed by atoms with Crippen molar-refractivity contribution in [3.05, 3.63) is 94.2 Å². The first-order valence-electron chi connectivity index (χ1n) is 7.47. The minimum absolute atomic E-state index is 1.08. The van der Waals surface area contributed by atoms with Crippen LogP contribution in [0.2, 0.25) is 0 Å². The van der Waals surface area contributed by atoms with Gasteiger partial charge in [-0.15, -0.1) is 0 Å². The lowest BCUT2D eigenvalue weighted by Crippen LogP contribution is -1.82. The first kappa shape index (κ1) is 11.7. The SMILES string of the molecule is C1=CC2=CC(CCC3=CC4=CCC=CC4=C3)=CC2=CC1. The van der Waals surface area contributed by atoms with E-state index in [1.165, 1.54) is 33.4 Å². The highest BCUT2D eigenvalue weighted by atomic mass is 14.2. The molecule has 0 heteroatoms. The number of fused-ring (bicyclic) bond motifs is 2. The molecule has 0 N–H and O–H groups in total. The quantitative estimate of drug-likeness (QED) is 0.646. The first-order chi connectivity index (χ1) is 9.88. The highest BCUT2D eigenvalue weighted by Gasteiger charge is 2.14. The van der Waals surface area contributed by atoms with Crippen molar-refractivity contribution in [2.45, 2.75) is 25.7 Å². The molecule has 4 aliphatic carbocycles. The fourth-order valence-corrected chi connectivity index (χ4v) is 3.22. The van der Waals surface area contributed by atoms with Crippen molar-refractivity contribution in [2.75, 3.05) is 0 Å². The van der Waals surface area contributed by atoms with Gasteiger partial charge in [-0.25, -0.2) is 0 Å². The molecule has 0 aliphatic heterocycles. The van der Waals surface area contributed by atoms with Crippen LogP contribution in [0, 0.1) is 0 Å². The number of hydrogen-bond donors (Lipinski definition) is 0. The summed E-state index contributed by atoms with van der Waals surface area (Å²) in [4.78, 5) is 0.